The van der Waals surface area contributed by atoms with Gasteiger partial charge in [0.1, 0.15) is 0 Å². The molecule has 2 aliphatic heterocycles. The SMILES string of the molecule is Cc1ccc(C)c(NC(=S)N2CCC(N(C)C[C@@H]3CCCO3)CC2)c1. The van der Waals surface area contributed by atoms with Crippen molar-refractivity contribution < 1.29 is 4.74 Å². The smallest absolute Gasteiger partial charge is 0.173 e. The maximum atomic E-state index is 5.78. The van der Waals surface area contributed by atoms with E-state index < -0.39 is 0 Å². The third-order valence-electron chi connectivity index (χ3n) is 5.53. The maximum Gasteiger partial charge on any atom is 0.173 e. The van der Waals surface area contributed by atoms with E-state index in [-0.39, 0.29) is 0 Å². The fraction of sp³-hybridized carbons (Fsp3) is 0.650. The number of thiocarbonyl (C=S) groups is 1. The molecule has 0 aromatic heterocycles. The van der Waals surface area contributed by atoms with Gasteiger partial charge in [0.25, 0.3) is 0 Å². The number of hydrogen-bond donors (Lipinski definition) is 1. The summed E-state index contributed by atoms with van der Waals surface area (Å²) < 4.78 is 5.78. The van der Waals surface area contributed by atoms with E-state index >= 15 is 0 Å². The Kier molecular flexibility index (Phi) is 6.31. The molecular weight excluding hydrogens is 330 g/mol. The lowest BCUT2D eigenvalue weighted by Crippen LogP contribution is -2.48. The van der Waals surface area contributed by atoms with Crippen molar-refractivity contribution in [2.24, 2.45) is 0 Å². The number of piperidine rings is 1. The van der Waals surface area contributed by atoms with Crippen LogP contribution in [0.15, 0.2) is 18.2 Å². The van der Waals surface area contributed by atoms with Crippen molar-refractivity contribution in [3.63, 3.8) is 0 Å². The summed E-state index contributed by atoms with van der Waals surface area (Å²) in [7, 11) is 2.24. The Morgan fingerprint density at radius 3 is 2.72 bits per heavy atom. The highest BCUT2D eigenvalue weighted by Crippen LogP contribution is 2.21. The van der Waals surface area contributed by atoms with Crippen molar-refractivity contribution in [3.05, 3.63) is 29.3 Å². The summed E-state index contributed by atoms with van der Waals surface area (Å²) in [5.74, 6) is 0. The molecule has 3 rings (SSSR count). The number of rotatable bonds is 4. The molecule has 4 nitrogen and oxygen atoms in total. The average Bonchev–Trinajstić information content (AvgIpc) is 3.11. The number of aryl methyl sites for hydroxylation is 2. The first-order chi connectivity index (χ1) is 12.0. The third kappa shape index (κ3) is 4.93. The van der Waals surface area contributed by atoms with Crippen LogP contribution in [-0.2, 0) is 4.74 Å². The Balaban J connectivity index is 1.48. The Morgan fingerprint density at radius 2 is 2.04 bits per heavy atom. The van der Waals surface area contributed by atoms with Gasteiger partial charge in [-0.3, -0.25) is 0 Å². The maximum absolute atomic E-state index is 5.78. The molecule has 0 aliphatic carbocycles. The molecule has 5 heteroatoms. The standard InChI is InChI=1S/C20H31N3OS/c1-15-6-7-16(2)19(13-15)21-20(25)23-10-8-17(9-11-23)22(3)14-18-5-4-12-24-18/h6-7,13,17-18H,4-5,8-12,14H2,1-3H3,(H,21,25)/t18-/m0/s1. The Labute approximate surface area is 157 Å². The second-order valence-electron chi connectivity index (χ2n) is 7.54. The van der Waals surface area contributed by atoms with E-state index in [2.05, 4.69) is 54.2 Å². The summed E-state index contributed by atoms with van der Waals surface area (Å²) in [6.07, 6.45) is 5.20. The Hall–Kier alpha value is -1.17. The van der Waals surface area contributed by atoms with Gasteiger partial charge in [-0.05, 0) is 76.0 Å². The minimum atomic E-state index is 0.440. The highest BCUT2D eigenvalue weighted by molar-refractivity contribution is 7.80. The van der Waals surface area contributed by atoms with Gasteiger partial charge < -0.3 is 19.9 Å². The van der Waals surface area contributed by atoms with Gasteiger partial charge >= 0.3 is 0 Å². The zero-order chi connectivity index (χ0) is 17.8. The van der Waals surface area contributed by atoms with Crippen molar-refractivity contribution in [1.82, 2.24) is 9.80 Å². The van der Waals surface area contributed by atoms with E-state index in [1.165, 1.54) is 24.0 Å². The topological polar surface area (TPSA) is 27.7 Å². The van der Waals surface area contributed by atoms with Crippen LogP contribution >= 0.6 is 12.2 Å². The molecule has 2 saturated heterocycles. The molecule has 1 atom stereocenters. The summed E-state index contributed by atoms with van der Waals surface area (Å²) in [6, 6.07) is 7.10. The van der Waals surface area contributed by atoms with Crippen LogP contribution in [0.25, 0.3) is 0 Å². The molecule has 0 saturated carbocycles. The van der Waals surface area contributed by atoms with Crippen molar-refractivity contribution in [2.75, 3.05) is 38.6 Å². The van der Waals surface area contributed by atoms with Crippen LogP contribution in [-0.4, -0.2) is 60.3 Å². The number of hydrogen-bond acceptors (Lipinski definition) is 3. The second kappa shape index (κ2) is 8.47. The van der Waals surface area contributed by atoms with E-state index in [1.54, 1.807) is 0 Å². The van der Waals surface area contributed by atoms with Gasteiger partial charge in [-0.1, -0.05) is 12.1 Å². The molecular formula is C20H31N3OS. The van der Waals surface area contributed by atoms with Crippen molar-refractivity contribution >= 4 is 23.0 Å². The minimum Gasteiger partial charge on any atom is -0.377 e. The molecule has 1 N–H and O–H groups in total. The second-order valence-corrected chi connectivity index (χ2v) is 7.93. The first-order valence-electron chi connectivity index (χ1n) is 9.48. The van der Waals surface area contributed by atoms with Gasteiger partial charge in [-0.15, -0.1) is 0 Å². The predicted octanol–water partition coefficient (Wildman–Crippen LogP) is 3.58. The molecule has 138 valence electrons. The van der Waals surface area contributed by atoms with Gasteiger partial charge in [-0.2, -0.15) is 0 Å². The quantitative estimate of drug-likeness (QED) is 0.828. The number of nitrogens with one attached hydrogen (secondary N) is 1. The van der Waals surface area contributed by atoms with Crippen LogP contribution in [0.3, 0.4) is 0 Å². The zero-order valence-electron chi connectivity index (χ0n) is 15.8. The molecule has 0 bridgehead atoms. The highest BCUT2D eigenvalue weighted by Gasteiger charge is 2.26. The summed E-state index contributed by atoms with van der Waals surface area (Å²) in [4.78, 5) is 4.81. The number of nitrogens with zero attached hydrogens (tertiary/aromatic N) is 2. The predicted molar refractivity (Wildman–Crippen MR) is 108 cm³/mol. The number of ether oxygens (including phenoxy) is 1. The molecule has 0 unspecified atom stereocenters. The third-order valence-corrected chi connectivity index (χ3v) is 5.89. The number of benzene rings is 1. The first-order valence-corrected chi connectivity index (χ1v) is 9.89. The zero-order valence-corrected chi connectivity index (χ0v) is 16.6. The number of anilines is 1. The van der Waals surface area contributed by atoms with Gasteiger partial charge in [0.05, 0.1) is 6.10 Å². The molecule has 2 fully saturated rings. The number of likely N-dealkylation sites (N-methyl/N-ethyl adjacent to an activating group) is 1. The summed E-state index contributed by atoms with van der Waals surface area (Å²) >= 11 is 5.66. The van der Waals surface area contributed by atoms with Crippen LogP contribution in [0.1, 0.15) is 36.8 Å². The minimum absolute atomic E-state index is 0.440. The molecule has 1 aromatic rings. The lowest BCUT2D eigenvalue weighted by Gasteiger charge is -2.38. The van der Waals surface area contributed by atoms with Gasteiger partial charge in [0, 0.05) is 38.0 Å². The average molecular weight is 362 g/mol. The molecule has 2 aliphatic rings. The number of likely N-dealkylation sites (tertiary alicyclic amines) is 1. The van der Waals surface area contributed by atoms with E-state index in [9.17, 15) is 0 Å². The van der Waals surface area contributed by atoms with Crippen LogP contribution in [0.4, 0.5) is 5.69 Å². The van der Waals surface area contributed by atoms with E-state index in [0.29, 0.717) is 12.1 Å². The Bertz CT molecular complexity index is 593. The normalized spacial score (nSPS) is 21.8. The molecule has 1 aromatic carbocycles. The summed E-state index contributed by atoms with van der Waals surface area (Å²) in [5, 5.41) is 4.30. The molecule has 2 heterocycles. The molecule has 25 heavy (non-hydrogen) atoms. The highest BCUT2D eigenvalue weighted by atomic mass is 32.1. The van der Waals surface area contributed by atoms with E-state index in [4.69, 9.17) is 17.0 Å². The summed E-state index contributed by atoms with van der Waals surface area (Å²) in [6.45, 7) is 8.29. The van der Waals surface area contributed by atoms with E-state index in [1.807, 2.05) is 0 Å². The van der Waals surface area contributed by atoms with Crippen LogP contribution < -0.4 is 5.32 Å². The van der Waals surface area contributed by atoms with E-state index in [0.717, 1.165) is 49.9 Å². The first kappa shape index (κ1) is 18.6. The molecule has 0 amide bonds. The fourth-order valence-corrected chi connectivity index (χ4v) is 4.13. The van der Waals surface area contributed by atoms with Crippen LogP contribution in [0.5, 0.6) is 0 Å². The monoisotopic (exact) mass is 361 g/mol. The Morgan fingerprint density at radius 1 is 1.28 bits per heavy atom. The lowest BCUT2D eigenvalue weighted by atomic mass is 10.0. The van der Waals surface area contributed by atoms with Crippen molar-refractivity contribution in [3.8, 4) is 0 Å². The molecule has 0 spiro atoms. The van der Waals surface area contributed by atoms with Crippen LogP contribution in [0.2, 0.25) is 0 Å². The van der Waals surface area contributed by atoms with Crippen molar-refractivity contribution in [2.45, 2.75) is 51.7 Å². The largest absolute Gasteiger partial charge is 0.377 e. The van der Waals surface area contributed by atoms with Gasteiger partial charge in [-0.25, -0.2) is 0 Å². The lowest BCUT2D eigenvalue weighted by molar-refractivity contribution is 0.0576. The van der Waals surface area contributed by atoms with Crippen LogP contribution in [0, 0.1) is 13.8 Å². The summed E-state index contributed by atoms with van der Waals surface area (Å²) in [5.41, 5.74) is 3.62. The van der Waals surface area contributed by atoms with Gasteiger partial charge in [0.2, 0.25) is 0 Å². The molecule has 0 radical (unpaired) electrons. The van der Waals surface area contributed by atoms with Crippen molar-refractivity contribution in [1.29, 1.82) is 0 Å². The van der Waals surface area contributed by atoms with Gasteiger partial charge in [0.15, 0.2) is 5.11 Å². The fourth-order valence-electron chi connectivity index (χ4n) is 3.83.